The van der Waals surface area contributed by atoms with Crippen LogP contribution in [0.2, 0.25) is 0 Å². The van der Waals surface area contributed by atoms with Gasteiger partial charge in [-0.15, -0.1) is 0 Å². The standard InChI is InChI=1S/C15H16O3S2/c1-11-6-7-15(20(16,17)19)10-13(11)8-12-4-3-5-14(9-12)18-2/h3-7,9-10H,8H2,1-2H3,(H,16,17,19). The summed E-state index contributed by atoms with van der Waals surface area (Å²) in [5, 5.41) is 0. The van der Waals surface area contributed by atoms with Crippen LogP contribution in [0.15, 0.2) is 47.4 Å². The van der Waals surface area contributed by atoms with Gasteiger partial charge in [-0.25, -0.2) is 4.21 Å². The highest BCUT2D eigenvalue weighted by molar-refractivity contribution is 8.29. The molecule has 2 rings (SSSR count). The predicted octanol–water partition coefficient (Wildman–Crippen LogP) is 3.17. The first-order valence-electron chi connectivity index (χ1n) is 6.10. The van der Waals surface area contributed by atoms with Gasteiger partial charge in [-0.3, -0.25) is 0 Å². The van der Waals surface area contributed by atoms with Crippen molar-refractivity contribution in [1.29, 1.82) is 0 Å². The summed E-state index contributed by atoms with van der Waals surface area (Å²) in [7, 11) is -1.71. The van der Waals surface area contributed by atoms with Crippen molar-refractivity contribution in [2.45, 2.75) is 18.2 Å². The Kier molecular flexibility index (Phi) is 4.42. The van der Waals surface area contributed by atoms with E-state index < -0.39 is 8.77 Å². The van der Waals surface area contributed by atoms with Crippen LogP contribution in [0.3, 0.4) is 0 Å². The summed E-state index contributed by atoms with van der Waals surface area (Å²) >= 11 is 4.62. The first-order valence-corrected chi connectivity index (χ1v) is 8.54. The van der Waals surface area contributed by atoms with Gasteiger partial charge in [0.05, 0.1) is 12.0 Å². The van der Waals surface area contributed by atoms with Crippen molar-refractivity contribution >= 4 is 20.0 Å². The molecular formula is C15H16O3S2. The first kappa shape index (κ1) is 15.0. The maximum Gasteiger partial charge on any atom is 0.171 e. The molecule has 0 saturated carbocycles. The molecule has 0 heterocycles. The van der Waals surface area contributed by atoms with Gasteiger partial charge in [-0.2, -0.15) is 0 Å². The Morgan fingerprint density at radius 2 is 2.00 bits per heavy atom. The van der Waals surface area contributed by atoms with Crippen LogP contribution in [0, 0.1) is 6.92 Å². The van der Waals surface area contributed by atoms with Crippen molar-refractivity contribution in [3.8, 4) is 5.75 Å². The fourth-order valence-electron chi connectivity index (χ4n) is 2.00. The highest BCUT2D eigenvalue weighted by Crippen LogP contribution is 2.21. The summed E-state index contributed by atoms with van der Waals surface area (Å²) in [4.78, 5) is 0.288. The van der Waals surface area contributed by atoms with E-state index in [4.69, 9.17) is 4.74 Å². The van der Waals surface area contributed by atoms with E-state index in [0.29, 0.717) is 6.42 Å². The molecule has 0 aliphatic carbocycles. The fourth-order valence-corrected chi connectivity index (χ4v) is 2.84. The molecule has 0 fully saturated rings. The van der Waals surface area contributed by atoms with Crippen molar-refractivity contribution in [3.05, 3.63) is 59.2 Å². The second-order valence-corrected chi connectivity index (χ2v) is 7.37. The van der Waals surface area contributed by atoms with Gasteiger partial charge in [-0.05, 0) is 54.3 Å². The van der Waals surface area contributed by atoms with E-state index in [-0.39, 0.29) is 4.90 Å². The van der Waals surface area contributed by atoms with Gasteiger partial charge in [0.25, 0.3) is 0 Å². The topological polar surface area (TPSA) is 46.5 Å². The first-order chi connectivity index (χ1) is 9.40. The lowest BCUT2D eigenvalue weighted by Gasteiger charge is -2.10. The van der Waals surface area contributed by atoms with Crippen molar-refractivity contribution in [3.63, 3.8) is 0 Å². The lowest BCUT2D eigenvalue weighted by Crippen LogP contribution is -2.00. The minimum atomic E-state index is -3.34. The molecule has 5 heteroatoms. The molecule has 1 N–H and O–H groups in total. The third kappa shape index (κ3) is 3.56. The van der Waals surface area contributed by atoms with E-state index in [1.54, 1.807) is 19.2 Å². The average molecular weight is 308 g/mol. The predicted molar refractivity (Wildman–Crippen MR) is 83.4 cm³/mol. The van der Waals surface area contributed by atoms with Crippen LogP contribution in [0.4, 0.5) is 0 Å². The Morgan fingerprint density at radius 1 is 1.25 bits per heavy atom. The molecule has 0 saturated heterocycles. The highest BCUT2D eigenvalue weighted by Gasteiger charge is 2.09. The summed E-state index contributed by atoms with van der Waals surface area (Å²) in [5.74, 6) is 0.797. The molecule has 2 aromatic carbocycles. The summed E-state index contributed by atoms with van der Waals surface area (Å²) in [6, 6.07) is 12.9. The maximum absolute atomic E-state index is 11.6. The van der Waals surface area contributed by atoms with Gasteiger partial charge in [0.15, 0.2) is 8.77 Å². The second-order valence-electron chi connectivity index (χ2n) is 4.59. The molecule has 0 spiro atoms. The Hall–Kier alpha value is -1.43. The van der Waals surface area contributed by atoms with E-state index in [1.165, 1.54) is 0 Å². The van der Waals surface area contributed by atoms with E-state index in [1.807, 2.05) is 37.3 Å². The molecule has 3 nitrogen and oxygen atoms in total. The zero-order valence-electron chi connectivity index (χ0n) is 11.3. The maximum atomic E-state index is 11.6. The van der Waals surface area contributed by atoms with Crippen molar-refractivity contribution < 1.29 is 13.5 Å². The molecule has 0 radical (unpaired) electrons. The fraction of sp³-hybridized carbons (Fsp3) is 0.200. The number of aryl methyl sites for hydroxylation is 1. The number of rotatable bonds is 4. The Morgan fingerprint density at radius 3 is 2.65 bits per heavy atom. The summed E-state index contributed by atoms with van der Waals surface area (Å²) < 4.78 is 26.2. The average Bonchev–Trinajstić information content (AvgIpc) is 2.40. The monoisotopic (exact) mass is 308 g/mol. The van der Waals surface area contributed by atoms with E-state index >= 15 is 0 Å². The van der Waals surface area contributed by atoms with Gasteiger partial charge < -0.3 is 9.29 Å². The number of ether oxygens (including phenoxy) is 1. The SMILES string of the molecule is COc1cccc(Cc2cc(S(=O)(O)=S)ccc2C)c1. The van der Waals surface area contributed by atoms with Crippen LogP contribution in [0.25, 0.3) is 0 Å². The van der Waals surface area contributed by atoms with Crippen LogP contribution in [0.1, 0.15) is 16.7 Å². The van der Waals surface area contributed by atoms with Gasteiger partial charge in [0.2, 0.25) is 0 Å². The van der Waals surface area contributed by atoms with Gasteiger partial charge >= 0.3 is 0 Å². The Balaban J connectivity index is 2.37. The molecule has 0 aliphatic heterocycles. The Bertz CT molecular complexity index is 722. The minimum absolute atomic E-state index is 0.288. The van der Waals surface area contributed by atoms with Crippen molar-refractivity contribution in [2.24, 2.45) is 0 Å². The summed E-state index contributed by atoms with van der Waals surface area (Å²) in [6.07, 6.45) is 0.668. The lowest BCUT2D eigenvalue weighted by atomic mass is 10.0. The van der Waals surface area contributed by atoms with Crippen LogP contribution in [0.5, 0.6) is 5.75 Å². The zero-order valence-corrected chi connectivity index (χ0v) is 13.0. The van der Waals surface area contributed by atoms with Gasteiger partial charge in [0, 0.05) is 11.2 Å². The number of benzene rings is 2. The van der Waals surface area contributed by atoms with E-state index in [2.05, 4.69) is 11.2 Å². The quantitative estimate of drug-likeness (QED) is 0.942. The largest absolute Gasteiger partial charge is 0.497 e. The summed E-state index contributed by atoms with van der Waals surface area (Å²) in [6.45, 7) is 1.97. The van der Waals surface area contributed by atoms with Crippen molar-refractivity contribution in [2.75, 3.05) is 7.11 Å². The third-order valence-corrected chi connectivity index (χ3v) is 4.57. The van der Waals surface area contributed by atoms with Crippen molar-refractivity contribution in [1.82, 2.24) is 0 Å². The van der Waals surface area contributed by atoms with Crippen LogP contribution in [-0.2, 0) is 26.4 Å². The molecule has 1 unspecified atom stereocenters. The van der Waals surface area contributed by atoms with Crippen LogP contribution >= 0.6 is 0 Å². The summed E-state index contributed by atoms with van der Waals surface area (Å²) in [5.41, 5.74) is 3.14. The third-order valence-electron chi connectivity index (χ3n) is 3.15. The Labute approximate surface area is 124 Å². The van der Waals surface area contributed by atoms with E-state index in [9.17, 15) is 8.76 Å². The molecule has 20 heavy (non-hydrogen) atoms. The highest BCUT2D eigenvalue weighted by atomic mass is 32.8. The van der Waals surface area contributed by atoms with Gasteiger partial charge in [0.1, 0.15) is 5.75 Å². The normalized spacial score (nSPS) is 13.8. The molecule has 0 aromatic heterocycles. The molecule has 0 amide bonds. The molecular weight excluding hydrogens is 292 g/mol. The van der Waals surface area contributed by atoms with Crippen LogP contribution < -0.4 is 4.74 Å². The molecule has 0 aliphatic rings. The zero-order chi connectivity index (χ0) is 14.8. The second kappa shape index (κ2) is 5.91. The smallest absolute Gasteiger partial charge is 0.171 e. The molecule has 0 bridgehead atoms. The lowest BCUT2D eigenvalue weighted by molar-refractivity contribution is 0.414. The molecule has 2 aromatic rings. The number of hydrogen-bond donors (Lipinski definition) is 1. The van der Waals surface area contributed by atoms with Gasteiger partial charge in [-0.1, -0.05) is 18.2 Å². The van der Waals surface area contributed by atoms with E-state index in [0.717, 1.165) is 22.4 Å². The molecule has 106 valence electrons. The number of methoxy groups -OCH3 is 1. The van der Waals surface area contributed by atoms with Crippen LogP contribution in [-0.4, -0.2) is 15.9 Å². The number of hydrogen-bond acceptors (Lipinski definition) is 3. The molecule has 1 atom stereocenters. The minimum Gasteiger partial charge on any atom is -0.497 e.